The van der Waals surface area contributed by atoms with Crippen molar-refractivity contribution < 1.29 is 22.8 Å². The van der Waals surface area contributed by atoms with Gasteiger partial charge < -0.3 is 15.1 Å². The van der Waals surface area contributed by atoms with E-state index in [9.17, 15) is 18.4 Å². The molecule has 2 aromatic heterocycles. The number of aryl methyl sites for hydroxylation is 1. The molecule has 3 aromatic rings. The van der Waals surface area contributed by atoms with Gasteiger partial charge in [-0.1, -0.05) is 0 Å². The van der Waals surface area contributed by atoms with Gasteiger partial charge in [0.15, 0.2) is 11.5 Å². The molecule has 1 atom stereocenters. The highest BCUT2D eigenvalue weighted by Gasteiger charge is 2.21. The smallest absolute Gasteiger partial charge is 0.333 e. The molecular formula is C19H18F2N4O3S. The second kappa shape index (κ2) is 7.86. The van der Waals surface area contributed by atoms with Crippen molar-refractivity contribution in [3.63, 3.8) is 0 Å². The molecule has 1 fully saturated rings. The Morgan fingerprint density at radius 1 is 1.28 bits per heavy atom. The Morgan fingerprint density at radius 2 is 2.10 bits per heavy atom. The van der Waals surface area contributed by atoms with Crippen molar-refractivity contribution >= 4 is 40.2 Å². The summed E-state index contributed by atoms with van der Waals surface area (Å²) in [5, 5.41) is 9.84. The van der Waals surface area contributed by atoms with Crippen LogP contribution in [0.25, 0.3) is 11.0 Å². The van der Waals surface area contributed by atoms with Crippen LogP contribution in [0, 0.1) is 6.92 Å². The first-order chi connectivity index (χ1) is 13.9. The standard InChI is InChI=1S/C19H18F2N4O3S/c1-10-6-14(24-25(10)19(20)21)17(26)22-12-2-3-15-11(7-12)8-16(28-15)18(27)23-13-4-5-29-9-13/h2-3,6-8,13,19H,4-5,9H2,1H3,(H,22,26)(H,23,27). The predicted molar refractivity (Wildman–Crippen MR) is 106 cm³/mol. The number of nitrogens with zero attached hydrogens (tertiary/aromatic N) is 2. The maximum Gasteiger partial charge on any atom is 0.333 e. The second-order valence-corrected chi connectivity index (χ2v) is 7.89. The zero-order valence-electron chi connectivity index (χ0n) is 15.4. The van der Waals surface area contributed by atoms with Crippen molar-refractivity contribution in [2.75, 3.05) is 16.8 Å². The lowest BCUT2D eigenvalue weighted by Crippen LogP contribution is -2.34. The number of rotatable bonds is 5. The van der Waals surface area contributed by atoms with Gasteiger partial charge in [-0.2, -0.15) is 25.6 Å². The number of benzene rings is 1. The highest BCUT2D eigenvalue weighted by molar-refractivity contribution is 7.99. The molecule has 0 bridgehead atoms. The number of alkyl halides is 2. The SMILES string of the molecule is Cc1cc(C(=O)Nc2ccc3oc(C(=O)NC4CCSC4)cc3c2)nn1C(F)F. The van der Waals surface area contributed by atoms with E-state index in [1.807, 2.05) is 0 Å². The molecule has 1 aromatic carbocycles. The van der Waals surface area contributed by atoms with Crippen LogP contribution < -0.4 is 10.6 Å². The van der Waals surface area contributed by atoms with E-state index < -0.39 is 12.5 Å². The second-order valence-electron chi connectivity index (χ2n) is 6.74. The van der Waals surface area contributed by atoms with E-state index in [1.165, 1.54) is 13.0 Å². The molecule has 3 heterocycles. The molecule has 0 radical (unpaired) electrons. The molecule has 2 amide bonds. The van der Waals surface area contributed by atoms with Gasteiger partial charge in [0.1, 0.15) is 5.58 Å². The highest BCUT2D eigenvalue weighted by Crippen LogP contribution is 2.24. The number of aromatic nitrogens is 2. The number of hydrogen-bond donors (Lipinski definition) is 2. The number of amides is 2. The van der Waals surface area contributed by atoms with Crippen molar-refractivity contribution in [2.45, 2.75) is 25.9 Å². The van der Waals surface area contributed by atoms with E-state index in [0.717, 1.165) is 17.9 Å². The minimum absolute atomic E-state index is 0.107. The molecule has 1 saturated heterocycles. The number of nitrogens with one attached hydrogen (secondary N) is 2. The van der Waals surface area contributed by atoms with Gasteiger partial charge in [-0.05, 0) is 49.4 Å². The highest BCUT2D eigenvalue weighted by atomic mass is 32.2. The number of carbonyl (C=O) groups excluding carboxylic acids is 2. The van der Waals surface area contributed by atoms with Crippen LogP contribution in [-0.4, -0.2) is 39.1 Å². The third-order valence-corrected chi connectivity index (χ3v) is 5.77. The molecule has 2 N–H and O–H groups in total. The molecule has 0 aliphatic carbocycles. The summed E-state index contributed by atoms with van der Waals surface area (Å²) in [6, 6.07) is 7.94. The number of thioether (sulfide) groups is 1. The lowest BCUT2D eigenvalue weighted by molar-refractivity contribution is 0.0540. The quantitative estimate of drug-likeness (QED) is 0.655. The Balaban J connectivity index is 1.49. The summed E-state index contributed by atoms with van der Waals surface area (Å²) in [6.07, 6.45) is 0.938. The van der Waals surface area contributed by atoms with Gasteiger partial charge in [0.05, 0.1) is 0 Å². The van der Waals surface area contributed by atoms with Crippen LogP contribution in [0.4, 0.5) is 14.5 Å². The Labute approximate surface area is 168 Å². The summed E-state index contributed by atoms with van der Waals surface area (Å²) in [6.45, 7) is -1.36. The third kappa shape index (κ3) is 4.12. The van der Waals surface area contributed by atoms with Gasteiger partial charge in [-0.15, -0.1) is 0 Å². The van der Waals surface area contributed by atoms with Crippen LogP contribution in [0.15, 0.2) is 34.7 Å². The average Bonchev–Trinajstić information content (AvgIpc) is 3.40. The number of halogens is 2. The van der Waals surface area contributed by atoms with Crippen LogP contribution in [0.1, 0.15) is 39.7 Å². The first-order valence-electron chi connectivity index (χ1n) is 8.98. The number of fused-ring (bicyclic) bond motifs is 1. The van der Waals surface area contributed by atoms with Gasteiger partial charge in [0.25, 0.3) is 11.8 Å². The Hall–Kier alpha value is -2.88. The maximum absolute atomic E-state index is 12.8. The van der Waals surface area contributed by atoms with Crippen molar-refractivity contribution in [1.82, 2.24) is 15.1 Å². The van der Waals surface area contributed by atoms with E-state index >= 15 is 0 Å². The fraction of sp³-hybridized carbons (Fsp3) is 0.316. The molecule has 4 rings (SSSR count). The lowest BCUT2D eigenvalue weighted by atomic mass is 10.2. The summed E-state index contributed by atoms with van der Waals surface area (Å²) < 4.78 is 31.7. The molecule has 1 unspecified atom stereocenters. The maximum atomic E-state index is 12.8. The predicted octanol–water partition coefficient (Wildman–Crippen LogP) is 3.82. The number of furan rings is 1. The van der Waals surface area contributed by atoms with Gasteiger partial charge in [0, 0.05) is 28.6 Å². The van der Waals surface area contributed by atoms with E-state index in [0.29, 0.717) is 21.3 Å². The van der Waals surface area contributed by atoms with Crippen LogP contribution >= 0.6 is 11.8 Å². The normalized spacial score (nSPS) is 16.5. The molecule has 29 heavy (non-hydrogen) atoms. The fourth-order valence-electron chi connectivity index (χ4n) is 3.13. The van der Waals surface area contributed by atoms with Crippen molar-refractivity contribution in [3.8, 4) is 0 Å². The summed E-state index contributed by atoms with van der Waals surface area (Å²) >= 11 is 1.80. The van der Waals surface area contributed by atoms with Crippen LogP contribution in [-0.2, 0) is 0 Å². The third-order valence-electron chi connectivity index (χ3n) is 4.60. The molecule has 1 aliphatic heterocycles. The Morgan fingerprint density at radius 3 is 2.79 bits per heavy atom. The van der Waals surface area contributed by atoms with E-state index in [1.54, 1.807) is 36.0 Å². The van der Waals surface area contributed by atoms with Crippen molar-refractivity contribution in [2.24, 2.45) is 0 Å². The Kier molecular flexibility index (Phi) is 5.27. The zero-order chi connectivity index (χ0) is 20.5. The zero-order valence-corrected chi connectivity index (χ0v) is 16.3. The molecule has 0 saturated carbocycles. The summed E-state index contributed by atoms with van der Waals surface area (Å²) in [7, 11) is 0. The molecule has 1 aliphatic rings. The summed E-state index contributed by atoms with van der Waals surface area (Å²) in [5.41, 5.74) is 1.02. The van der Waals surface area contributed by atoms with Gasteiger partial charge in [-0.25, -0.2) is 4.68 Å². The van der Waals surface area contributed by atoms with E-state index in [2.05, 4.69) is 15.7 Å². The first-order valence-corrected chi connectivity index (χ1v) is 10.1. The minimum Gasteiger partial charge on any atom is -0.451 e. The molecule has 10 heteroatoms. The van der Waals surface area contributed by atoms with Crippen LogP contribution in [0.5, 0.6) is 0 Å². The minimum atomic E-state index is -2.81. The molecule has 0 spiro atoms. The largest absolute Gasteiger partial charge is 0.451 e. The summed E-state index contributed by atoms with van der Waals surface area (Å²) in [4.78, 5) is 24.7. The first kappa shape index (κ1) is 19.4. The van der Waals surface area contributed by atoms with Gasteiger partial charge in [0.2, 0.25) is 0 Å². The topological polar surface area (TPSA) is 89.2 Å². The fourth-order valence-corrected chi connectivity index (χ4v) is 4.28. The van der Waals surface area contributed by atoms with Crippen molar-refractivity contribution in [3.05, 3.63) is 47.5 Å². The van der Waals surface area contributed by atoms with E-state index in [4.69, 9.17) is 4.42 Å². The molecule has 152 valence electrons. The van der Waals surface area contributed by atoms with E-state index in [-0.39, 0.29) is 29.1 Å². The van der Waals surface area contributed by atoms with Crippen LogP contribution in [0.2, 0.25) is 0 Å². The number of anilines is 1. The number of hydrogen-bond acceptors (Lipinski definition) is 5. The summed E-state index contributed by atoms with van der Waals surface area (Å²) in [5.74, 6) is 1.25. The van der Waals surface area contributed by atoms with Crippen molar-refractivity contribution in [1.29, 1.82) is 0 Å². The average molecular weight is 420 g/mol. The van der Waals surface area contributed by atoms with Gasteiger partial charge >= 0.3 is 6.55 Å². The Bertz CT molecular complexity index is 1070. The van der Waals surface area contributed by atoms with Gasteiger partial charge in [-0.3, -0.25) is 9.59 Å². The monoisotopic (exact) mass is 420 g/mol. The molecular weight excluding hydrogens is 402 g/mol. The van der Waals surface area contributed by atoms with Crippen LogP contribution in [0.3, 0.4) is 0 Å². The number of carbonyl (C=O) groups is 2. The lowest BCUT2D eigenvalue weighted by Gasteiger charge is -2.08. The molecule has 7 nitrogen and oxygen atoms in total.